The maximum Gasteiger partial charge on any atom is 0.326 e. The van der Waals surface area contributed by atoms with Crippen molar-refractivity contribution in [2.45, 2.75) is 57.3 Å². The summed E-state index contributed by atoms with van der Waals surface area (Å²) in [5.74, 6) is -4.65. The van der Waals surface area contributed by atoms with Gasteiger partial charge in [-0.1, -0.05) is 12.1 Å². The zero-order chi connectivity index (χ0) is 24.4. The van der Waals surface area contributed by atoms with Gasteiger partial charge in [0.05, 0.1) is 6.04 Å². The quantitative estimate of drug-likeness (QED) is 0.201. The number of carbonyl (C=O) groups is 5. The Hall–Kier alpha value is -3.67. The Kier molecular flexibility index (Phi) is 10.1. The molecule has 0 aliphatic heterocycles. The first-order chi connectivity index (χ1) is 14.9. The van der Waals surface area contributed by atoms with Crippen molar-refractivity contribution in [3.8, 4) is 5.75 Å². The topological polar surface area (TPSA) is 208 Å². The van der Waals surface area contributed by atoms with E-state index in [1.165, 1.54) is 26.0 Å². The van der Waals surface area contributed by atoms with Crippen LogP contribution in [0.25, 0.3) is 0 Å². The van der Waals surface area contributed by atoms with Gasteiger partial charge in [-0.2, -0.15) is 0 Å². The SMILES string of the molecule is CC(NC(=O)C(N)Cc1ccc(O)cc1)C(=O)NC(C)C(=O)NC(CCC(=O)O)C(=O)O. The van der Waals surface area contributed by atoms with E-state index in [-0.39, 0.29) is 18.6 Å². The van der Waals surface area contributed by atoms with E-state index in [9.17, 15) is 29.1 Å². The molecule has 1 rings (SSSR count). The summed E-state index contributed by atoms with van der Waals surface area (Å²) in [6.45, 7) is 2.70. The first-order valence-electron chi connectivity index (χ1n) is 9.80. The molecule has 8 N–H and O–H groups in total. The van der Waals surface area contributed by atoms with E-state index in [0.29, 0.717) is 5.56 Å². The minimum Gasteiger partial charge on any atom is -0.508 e. The fourth-order valence-electron chi connectivity index (χ4n) is 2.59. The molecular formula is C20H28N4O8. The Balaban J connectivity index is 2.55. The van der Waals surface area contributed by atoms with Gasteiger partial charge < -0.3 is 37.0 Å². The number of benzene rings is 1. The van der Waals surface area contributed by atoms with Crippen LogP contribution in [0.2, 0.25) is 0 Å². The molecule has 0 aliphatic carbocycles. The van der Waals surface area contributed by atoms with Crippen molar-refractivity contribution >= 4 is 29.7 Å². The van der Waals surface area contributed by atoms with E-state index in [2.05, 4.69) is 16.0 Å². The van der Waals surface area contributed by atoms with Gasteiger partial charge in [0.15, 0.2) is 0 Å². The van der Waals surface area contributed by atoms with Crippen LogP contribution in [-0.4, -0.2) is 69.1 Å². The monoisotopic (exact) mass is 452 g/mol. The van der Waals surface area contributed by atoms with Gasteiger partial charge in [-0.05, 0) is 44.4 Å². The zero-order valence-corrected chi connectivity index (χ0v) is 17.7. The van der Waals surface area contributed by atoms with Crippen LogP contribution in [0, 0.1) is 0 Å². The Morgan fingerprint density at radius 3 is 1.88 bits per heavy atom. The number of phenols is 1. The normalized spacial score (nSPS) is 14.3. The van der Waals surface area contributed by atoms with Crippen molar-refractivity contribution < 1.29 is 39.3 Å². The highest BCUT2D eigenvalue weighted by molar-refractivity contribution is 5.93. The van der Waals surface area contributed by atoms with Crippen LogP contribution in [-0.2, 0) is 30.4 Å². The van der Waals surface area contributed by atoms with Gasteiger partial charge in [-0.15, -0.1) is 0 Å². The summed E-state index contributed by atoms with van der Waals surface area (Å²) in [4.78, 5) is 58.4. The molecule has 0 radical (unpaired) electrons. The molecule has 1 aromatic rings. The van der Waals surface area contributed by atoms with Crippen molar-refractivity contribution in [2.75, 3.05) is 0 Å². The van der Waals surface area contributed by atoms with Gasteiger partial charge in [0.25, 0.3) is 0 Å². The molecule has 32 heavy (non-hydrogen) atoms. The molecule has 4 unspecified atom stereocenters. The van der Waals surface area contributed by atoms with Crippen molar-refractivity contribution in [3.05, 3.63) is 29.8 Å². The van der Waals surface area contributed by atoms with Crippen LogP contribution in [0.4, 0.5) is 0 Å². The number of hydrogen-bond acceptors (Lipinski definition) is 7. The zero-order valence-electron chi connectivity index (χ0n) is 17.7. The van der Waals surface area contributed by atoms with E-state index >= 15 is 0 Å². The standard InChI is InChI=1S/C20H28N4O8/c1-10(23-19(30)14(21)9-12-3-5-13(25)6-4-12)17(28)22-11(2)18(29)24-15(20(31)32)7-8-16(26)27/h3-6,10-11,14-15,25H,7-9,21H2,1-2H3,(H,22,28)(H,23,30)(H,24,29)(H,26,27)(H,31,32). The number of carboxylic acid groups (broad SMARTS) is 2. The third-order valence-electron chi connectivity index (χ3n) is 4.49. The highest BCUT2D eigenvalue weighted by Crippen LogP contribution is 2.11. The summed E-state index contributed by atoms with van der Waals surface area (Å²) in [5, 5.41) is 34.0. The van der Waals surface area contributed by atoms with Crippen molar-refractivity contribution in [1.29, 1.82) is 0 Å². The molecule has 0 aliphatic rings. The van der Waals surface area contributed by atoms with Gasteiger partial charge in [-0.25, -0.2) is 4.79 Å². The number of carbonyl (C=O) groups excluding carboxylic acids is 3. The number of nitrogens with one attached hydrogen (secondary N) is 3. The lowest BCUT2D eigenvalue weighted by Crippen LogP contribution is -2.55. The number of aromatic hydroxyl groups is 1. The van der Waals surface area contributed by atoms with Crippen LogP contribution in [0.15, 0.2) is 24.3 Å². The predicted octanol–water partition coefficient (Wildman–Crippen LogP) is -1.29. The number of aliphatic carboxylic acids is 2. The summed E-state index contributed by atoms with van der Waals surface area (Å²) >= 11 is 0. The minimum atomic E-state index is -1.42. The Morgan fingerprint density at radius 2 is 1.38 bits per heavy atom. The maximum atomic E-state index is 12.3. The first-order valence-corrected chi connectivity index (χ1v) is 9.80. The van der Waals surface area contributed by atoms with E-state index < -0.39 is 60.2 Å². The number of hydrogen-bond donors (Lipinski definition) is 7. The largest absolute Gasteiger partial charge is 0.508 e. The summed E-state index contributed by atoms with van der Waals surface area (Å²) in [5.41, 5.74) is 6.56. The van der Waals surface area contributed by atoms with E-state index in [1.807, 2.05) is 0 Å². The molecule has 12 nitrogen and oxygen atoms in total. The average Bonchev–Trinajstić information content (AvgIpc) is 2.71. The lowest BCUT2D eigenvalue weighted by molar-refractivity contribution is -0.143. The van der Waals surface area contributed by atoms with Crippen LogP contribution in [0.5, 0.6) is 5.75 Å². The highest BCUT2D eigenvalue weighted by Gasteiger charge is 2.26. The molecule has 0 saturated carbocycles. The average molecular weight is 452 g/mol. The fraction of sp³-hybridized carbons (Fsp3) is 0.450. The molecular weight excluding hydrogens is 424 g/mol. The molecule has 0 fully saturated rings. The van der Waals surface area contributed by atoms with Gasteiger partial charge in [0.1, 0.15) is 23.9 Å². The van der Waals surface area contributed by atoms with Crippen molar-refractivity contribution in [3.63, 3.8) is 0 Å². The second-order valence-corrected chi connectivity index (χ2v) is 7.27. The number of amides is 3. The molecule has 12 heteroatoms. The van der Waals surface area contributed by atoms with Crippen LogP contribution in [0.3, 0.4) is 0 Å². The molecule has 0 spiro atoms. The van der Waals surface area contributed by atoms with Gasteiger partial charge in [0, 0.05) is 6.42 Å². The van der Waals surface area contributed by atoms with Gasteiger partial charge >= 0.3 is 11.9 Å². The van der Waals surface area contributed by atoms with Crippen molar-refractivity contribution in [1.82, 2.24) is 16.0 Å². The minimum absolute atomic E-state index is 0.0757. The highest BCUT2D eigenvalue weighted by atomic mass is 16.4. The molecule has 176 valence electrons. The van der Waals surface area contributed by atoms with Crippen LogP contribution in [0.1, 0.15) is 32.3 Å². The second-order valence-electron chi connectivity index (χ2n) is 7.27. The molecule has 0 saturated heterocycles. The fourth-order valence-corrected chi connectivity index (χ4v) is 2.59. The third kappa shape index (κ3) is 9.00. The van der Waals surface area contributed by atoms with E-state index in [1.54, 1.807) is 12.1 Å². The Labute approximate surface area is 184 Å². The number of phenolic OH excluding ortho intramolecular Hbond substituents is 1. The summed E-state index contributed by atoms with van der Waals surface area (Å²) in [6, 6.07) is 1.58. The first kappa shape index (κ1) is 26.4. The number of rotatable bonds is 12. The molecule has 0 bridgehead atoms. The predicted molar refractivity (Wildman–Crippen MR) is 111 cm³/mol. The Morgan fingerprint density at radius 1 is 0.875 bits per heavy atom. The van der Waals surface area contributed by atoms with Crippen LogP contribution >= 0.6 is 0 Å². The molecule has 3 amide bonds. The number of nitrogens with two attached hydrogens (primary N) is 1. The molecule has 0 aromatic heterocycles. The molecule has 1 aromatic carbocycles. The third-order valence-corrected chi connectivity index (χ3v) is 4.49. The lowest BCUT2D eigenvalue weighted by atomic mass is 10.1. The Bertz CT molecular complexity index is 843. The second kappa shape index (κ2) is 12.2. The van der Waals surface area contributed by atoms with Crippen molar-refractivity contribution in [2.24, 2.45) is 5.73 Å². The molecule has 0 heterocycles. The lowest BCUT2D eigenvalue weighted by Gasteiger charge is -2.21. The van der Waals surface area contributed by atoms with E-state index in [0.717, 1.165) is 0 Å². The van der Waals surface area contributed by atoms with Gasteiger partial charge in [0.2, 0.25) is 17.7 Å². The summed E-state index contributed by atoms with van der Waals surface area (Å²) < 4.78 is 0. The van der Waals surface area contributed by atoms with E-state index in [4.69, 9.17) is 15.9 Å². The maximum absolute atomic E-state index is 12.3. The molecule has 4 atom stereocenters. The number of carboxylic acids is 2. The summed E-state index contributed by atoms with van der Waals surface area (Å²) in [6.07, 6.45) is -0.597. The van der Waals surface area contributed by atoms with Crippen LogP contribution < -0.4 is 21.7 Å². The smallest absolute Gasteiger partial charge is 0.326 e. The van der Waals surface area contributed by atoms with Gasteiger partial charge in [-0.3, -0.25) is 19.2 Å². The summed E-state index contributed by atoms with van der Waals surface area (Å²) in [7, 11) is 0.